The molecule has 0 spiro atoms. The topological polar surface area (TPSA) is 121 Å². The van der Waals surface area contributed by atoms with E-state index in [2.05, 4.69) is 29.6 Å². The lowest BCUT2D eigenvalue weighted by Gasteiger charge is -2.33. The number of carbonyl (C=O) groups is 3. The van der Waals surface area contributed by atoms with Crippen LogP contribution in [-0.2, 0) is 27.1 Å². The number of amides is 2. The Morgan fingerprint density at radius 2 is 1.37 bits per heavy atom. The average Bonchev–Trinajstić information content (AvgIpc) is 3.79. The zero-order valence-corrected chi connectivity index (χ0v) is 29.6. The fourth-order valence-corrected chi connectivity index (χ4v) is 7.68. The number of hydrogen-bond donors (Lipinski definition) is 2. The van der Waals surface area contributed by atoms with Crippen molar-refractivity contribution in [3.8, 4) is 11.1 Å². The number of amidine groups is 1. The predicted octanol–water partition coefficient (Wildman–Crippen LogP) is 6.53. The third kappa shape index (κ3) is 7.43. The molecule has 2 amide bonds. The summed E-state index contributed by atoms with van der Waals surface area (Å²) in [7, 11) is 0. The fraction of sp³-hybridized carbons (Fsp3) is 0.333. The van der Waals surface area contributed by atoms with Gasteiger partial charge in [0.1, 0.15) is 24.1 Å². The van der Waals surface area contributed by atoms with E-state index >= 15 is 0 Å². The Bertz CT molecular complexity index is 1910. The molecule has 0 saturated carbocycles. The molecule has 4 aromatic rings. The van der Waals surface area contributed by atoms with E-state index in [0.717, 1.165) is 33.4 Å². The van der Waals surface area contributed by atoms with Crippen molar-refractivity contribution in [3.63, 3.8) is 0 Å². The molecule has 0 radical (unpaired) electrons. The molecule has 268 valence electrons. The minimum absolute atomic E-state index is 0.115. The molecule has 3 aliphatic rings. The number of alkyl carbamates (subject to hydrolysis) is 1. The van der Waals surface area contributed by atoms with E-state index in [-0.39, 0.29) is 19.1 Å². The molecular weight excluding hydrogens is 656 g/mol. The second-order valence-electron chi connectivity index (χ2n) is 14.7. The van der Waals surface area contributed by atoms with E-state index in [1.807, 2.05) is 89.8 Å². The van der Waals surface area contributed by atoms with Gasteiger partial charge in [-0.25, -0.2) is 9.59 Å². The number of aliphatic carboxylic acids is 1. The summed E-state index contributed by atoms with van der Waals surface area (Å²) in [6, 6.07) is 33.1. The Hall–Kier alpha value is -5.48. The van der Waals surface area contributed by atoms with Crippen molar-refractivity contribution in [1.82, 2.24) is 15.1 Å². The van der Waals surface area contributed by atoms with Gasteiger partial charge < -0.3 is 19.9 Å². The van der Waals surface area contributed by atoms with E-state index in [0.29, 0.717) is 25.2 Å². The number of aliphatic imine (C=N–C) groups is 1. The zero-order valence-electron chi connectivity index (χ0n) is 29.6. The van der Waals surface area contributed by atoms with Gasteiger partial charge in [0.2, 0.25) is 0 Å². The molecule has 0 aromatic heterocycles. The number of fused-ring (bicyclic) bond motifs is 4. The molecule has 4 aromatic carbocycles. The summed E-state index contributed by atoms with van der Waals surface area (Å²) < 4.78 is 11.9. The molecule has 4 atom stereocenters. The Balaban J connectivity index is 1.15. The Morgan fingerprint density at radius 1 is 0.808 bits per heavy atom. The van der Waals surface area contributed by atoms with Crippen molar-refractivity contribution in [2.45, 2.75) is 69.3 Å². The number of ether oxygens (including phenoxy) is 2. The molecule has 10 nitrogen and oxygen atoms in total. The monoisotopic (exact) mass is 700 g/mol. The summed E-state index contributed by atoms with van der Waals surface area (Å²) in [5.41, 5.74) is 5.54. The number of benzene rings is 4. The number of carboxylic acids is 1. The summed E-state index contributed by atoms with van der Waals surface area (Å²) in [5.74, 6) is -0.678. The van der Waals surface area contributed by atoms with Crippen LogP contribution in [0.25, 0.3) is 11.1 Å². The number of nitrogens with one attached hydrogen (secondary N) is 1. The second kappa shape index (κ2) is 14.6. The van der Waals surface area contributed by atoms with Crippen LogP contribution < -0.4 is 5.32 Å². The third-order valence-corrected chi connectivity index (χ3v) is 9.98. The highest BCUT2D eigenvalue weighted by Gasteiger charge is 2.51. The van der Waals surface area contributed by atoms with Crippen molar-refractivity contribution >= 4 is 24.0 Å². The summed E-state index contributed by atoms with van der Waals surface area (Å²) in [6.07, 6.45) is -0.554. The van der Waals surface area contributed by atoms with Gasteiger partial charge >= 0.3 is 18.2 Å². The molecule has 1 aliphatic carbocycles. The van der Waals surface area contributed by atoms with Crippen LogP contribution in [0.4, 0.5) is 9.59 Å². The van der Waals surface area contributed by atoms with Crippen LogP contribution in [0.2, 0.25) is 0 Å². The molecule has 2 aliphatic heterocycles. The first-order chi connectivity index (χ1) is 25.1. The van der Waals surface area contributed by atoms with Crippen LogP contribution in [-0.4, -0.2) is 88.4 Å². The first kappa shape index (κ1) is 34.9. The Labute approximate surface area is 304 Å². The van der Waals surface area contributed by atoms with Gasteiger partial charge in [0, 0.05) is 25.4 Å². The highest BCUT2D eigenvalue weighted by Crippen LogP contribution is 2.44. The lowest BCUT2D eigenvalue weighted by molar-refractivity contribution is -0.142. The van der Waals surface area contributed by atoms with E-state index < -0.39 is 47.9 Å². The predicted molar refractivity (Wildman–Crippen MR) is 198 cm³/mol. The Morgan fingerprint density at radius 3 is 1.94 bits per heavy atom. The molecule has 1 fully saturated rings. The van der Waals surface area contributed by atoms with E-state index in [1.54, 1.807) is 20.8 Å². The van der Waals surface area contributed by atoms with Crippen molar-refractivity contribution in [2.24, 2.45) is 4.99 Å². The first-order valence-electron chi connectivity index (χ1n) is 17.8. The maximum Gasteiger partial charge on any atom is 0.416 e. The van der Waals surface area contributed by atoms with E-state index in [4.69, 9.17) is 14.5 Å². The number of carbonyl (C=O) groups excluding carboxylic acids is 2. The zero-order chi connectivity index (χ0) is 36.4. The standard InChI is InChI=1S/C42H44N4O6/c1-42(2,3)52-41(50)46-37-25-45(36(39(47)48)23-28-16-8-5-9-17-28)24-35(37)43-38(46)34(22-27-14-6-4-7-15-27)44-40(49)51-26-33-31-20-12-10-18-29(31)30-19-11-13-21-32(30)33/h4-21,33-37H,22-26H2,1-3H3,(H,44,49)(H,47,48)/t34-,35-,36-,37+/m0/s1. The van der Waals surface area contributed by atoms with Gasteiger partial charge in [-0.15, -0.1) is 0 Å². The van der Waals surface area contributed by atoms with Gasteiger partial charge in [0.25, 0.3) is 0 Å². The van der Waals surface area contributed by atoms with E-state index in [1.165, 1.54) is 4.90 Å². The van der Waals surface area contributed by atoms with Crippen LogP contribution in [0.15, 0.2) is 114 Å². The molecular formula is C42H44N4O6. The summed E-state index contributed by atoms with van der Waals surface area (Å²) in [6.45, 7) is 6.15. The highest BCUT2D eigenvalue weighted by atomic mass is 16.6. The number of likely N-dealkylation sites (tertiary alicyclic amines) is 1. The lowest BCUT2D eigenvalue weighted by atomic mass is 9.98. The van der Waals surface area contributed by atoms with Crippen molar-refractivity contribution in [3.05, 3.63) is 131 Å². The molecule has 2 heterocycles. The molecule has 10 heteroatoms. The van der Waals surface area contributed by atoms with Gasteiger partial charge in [-0.3, -0.25) is 19.6 Å². The normalized spacial score (nSPS) is 19.2. The van der Waals surface area contributed by atoms with Crippen LogP contribution in [0, 0.1) is 0 Å². The molecule has 2 N–H and O–H groups in total. The van der Waals surface area contributed by atoms with Gasteiger partial charge in [0.15, 0.2) is 0 Å². The quantitative estimate of drug-likeness (QED) is 0.193. The Kier molecular flexibility index (Phi) is 9.83. The minimum Gasteiger partial charge on any atom is -0.480 e. The average molecular weight is 701 g/mol. The number of hydrogen-bond acceptors (Lipinski definition) is 7. The minimum atomic E-state index is -0.935. The molecule has 0 bridgehead atoms. The summed E-state index contributed by atoms with van der Waals surface area (Å²) in [5, 5.41) is 13.3. The smallest absolute Gasteiger partial charge is 0.416 e. The van der Waals surface area contributed by atoms with Gasteiger partial charge in [-0.1, -0.05) is 109 Å². The SMILES string of the molecule is CC(C)(C)OC(=O)N1C([C@H](Cc2ccccc2)NC(=O)OCC2c3ccccc3-c3ccccc32)=N[C@H]2CN([C@@H](Cc3ccccc3)C(=O)O)C[C@H]21. The van der Waals surface area contributed by atoms with Gasteiger partial charge in [-0.2, -0.15) is 0 Å². The maximum atomic E-state index is 14.0. The number of carboxylic acid groups (broad SMARTS) is 1. The van der Waals surface area contributed by atoms with Gasteiger partial charge in [-0.05, 0) is 60.6 Å². The molecule has 1 saturated heterocycles. The van der Waals surface area contributed by atoms with Crippen molar-refractivity contribution in [1.29, 1.82) is 0 Å². The highest BCUT2D eigenvalue weighted by molar-refractivity contribution is 6.02. The summed E-state index contributed by atoms with van der Waals surface area (Å²) >= 11 is 0. The molecule has 0 unspecified atom stereocenters. The van der Waals surface area contributed by atoms with Crippen LogP contribution in [0.3, 0.4) is 0 Å². The fourth-order valence-electron chi connectivity index (χ4n) is 7.68. The van der Waals surface area contributed by atoms with Gasteiger partial charge in [0.05, 0.1) is 18.1 Å². The molecule has 52 heavy (non-hydrogen) atoms. The first-order valence-corrected chi connectivity index (χ1v) is 17.8. The third-order valence-electron chi connectivity index (χ3n) is 9.98. The second-order valence-corrected chi connectivity index (χ2v) is 14.7. The maximum absolute atomic E-state index is 14.0. The van der Waals surface area contributed by atoms with E-state index in [9.17, 15) is 19.5 Å². The summed E-state index contributed by atoms with van der Waals surface area (Å²) in [4.78, 5) is 48.8. The van der Waals surface area contributed by atoms with Crippen LogP contribution in [0.1, 0.15) is 48.9 Å². The van der Waals surface area contributed by atoms with Crippen LogP contribution in [0.5, 0.6) is 0 Å². The van der Waals surface area contributed by atoms with Crippen molar-refractivity contribution in [2.75, 3.05) is 19.7 Å². The largest absolute Gasteiger partial charge is 0.480 e. The van der Waals surface area contributed by atoms with Crippen molar-refractivity contribution < 1.29 is 29.0 Å². The number of nitrogens with zero attached hydrogens (tertiary/aromatic N) is 3. The van der Waals surface area contributed by atoms with Crippen LogP contribution >= 0.6 is 0 Å². The number of rotatable bonds is 10. The molecule has 7 rings (SSSR count). The lowest BCUT2D eigenvalue weighted by Crippen LogP contribution is -2.55.